The fourth-order valence-electron chi connectivity index (χ4n) is 3.11. The van der Waals surface area contributed by atoms with Crippen LogP contribution in [0.2, 0.25) is 0 Å². The van der Waals surface area contributed by atoms with Crippen LogP contribution in [0.5, 0.6) is 0 Å². The minimum absolute atomic E-state index is 0.688. The van der Waals surface area contributed by atoms with Gasteiger partial charge in [-0.25, -0.2) is 9.97 Å². The molecule has 0 aliphatic rings. The molecule has 0 fully saturated rings. The number of rotatable bonds is 3. The van der Waals surface area contributed by atoms with E-state index in [2.05, 4.69) is 15.3 Å². The van der Waals surface area contributed by atoms with Gasteiger partial charge in [-0.3, -0.25) is 0 Å². The van der Waals surface area contributed by atoms with Crippen molar-refractivity contribution in [3.63, 3.8) is 0 Å². The molecule has 0 radical (unpaired) electrons. The number of nitrogens with zero attached hydrogens (tertiary/aromatic N) is 2. The van der Waals surface area contributed by atoms with Crippen LogP contribution in [0.15, 0.2) is 53.4 Å². The van der Waals surface area contributed by atoms with E-state index in [9.17, 15) is 4.57 Å². The first-order chi connectivity index (χ1) is 11.9. The molecule has 0 amide bonds. The van der Waals surface area contributed by atoms with Gasteiger partial charge in [-0.1, -0.05) is 6.07 Å². The summed E-state index contributed by atoms with van der Waals surface area (Å²) in [7, 11) is -2.39. The van der Waals surface area contributed by atoms with Crippen molar-refractivity contribution in [3.8, 4) is 0 Å². The van der Waals surface area contributed by atoms with Crippen molar-refractivity contribution in [1.82, 2.24) is 9.97 Å². The molecule has 0 spiro atoms. The Morgan fingerprint density at radius 3 is 2.72 bits per heavy atom. The van der Waals surface area contributed by atoms with Crippen molar-refractivity contribution in [1.29, 1.82) is 0 Å². The van der Waals surface area contributed by atoms with Gasteiger partial charge in [0.15, 0.2) is 0 Å². The lowest BCUT2D eigenvalue weighted by Gasteiger charge is -2.14. The second-order valence-corrected chi connectivity index (χ2v) is 9.68. The Morgan fingerprint density at radius 2 is 1.92 bits per heavy atom. The molecule has 2 aromatic heterocycles. The fourth-order valence-corrected chi connectivity index (χ4v) is 4.46. The highest BCUT2D eigenvalue weighted by molar-refractivity contribution is 7.70. The summed E-state index contributed by atoms with van der Waals surface area (Å²) >= 11 is 0. The van der Waals surface area contributed by atoms with E-state index in [1.54, 1.807) is 19.6 Å². The molecular formula is C19H18N3O2P. The van der Waals surface area contributed by atoms with Crippen LogP contribution in [-0.2, 0) is 4.57 Å². The van der Waals surface area contributed by atoms with Crippen molar-refractivity contribution in [2.24, 2.45) is 0 Å². The molecule has 0 aliphatic heterocycles. The predicted octanol–water partition coefficient (Wildman–Crippen LogP) is 4.68. The topological polar surface area (TPSA) is 68.0 Å². The molecular weight excluding hydrogens is 333 g/mol. The molecule has 0 saturated heterocycles. The van der Waals surface area contributed by atoms with Crippen LogP contribution in [0.3, 0.4) is 0 Å². The summed E-state index contributed by atoms with van der Waals surface area (Å²) in [6, 6.07) is 11.7. The molecule has 1 N–H and O–H groups in total. The molecule has 0 atom stereocenters. The van der Waals surface area contributed by atoms with Crippen LogP contribution in [0, 0.1) is 6.92 Å². The van der Waals surface area contributed by atoms with Crippen LogP contribution in [0.4, 0.5) is 11.5 Å². The first-order valence-corrected chi connectivity index (χ1v) is 10.6. The third kappa shape index (κ3) is 2.81. The normalized spacial score (nSPS) is 12.0. The Bertz CT molecular complexity index is 1140. The van der Waals surface area contributed by atoms with E-state index in [4.69, 9.17) is 4.42 Å². The predicted molar refractivity (Wildman–Crippen MR) is 103 cm³/mol. The molecule has 126 valence electrons. The number of furan rings is 1. The summed E-state index contributed by atoms with van der Waals surface area (Å²) in [6.45, 7) is 5.53. The standard InChI is InChI=1S/C19H18N3O2P/c1-12-9-16-14(10-18(12)25(2,3)23)19(21-11-20-16)22-15-5-4-6-17-13(15)7-8-24-17/h4-11H,1-3H3,(H,20,21,22). The molecule has 0 bridgehead atoms. The van der Waals surface area contributed by atoms with Crippen LogP contribution in [0.1, 0.15) is 5.56 Å². The van der Waals surface area contributed by atoms with Gasteiger partial charge in [-0.05, 0) is 56.1 Å². The Morgan fingerprint density at radius 1 is 1.08 bits per heavy atom. The van der Waals surface area contributed by atoms with Crippen molar-refractivity contribution in [2.75, 3.05) is 18.6 Å². The van der Waals surface area contributed by atoms with E-state index in [0.717, 1.165) is 38.4 Å². The van der Waals surface area contributed by atoms with Gasteiger partial charge in [0.2, 0.25) is 0 Å². The van der Waals surface area contributed by atoms with E-state index in [1.165, 1.54) is 6.33 Å². The van der Waals surface area contributed by atoms with E-state index < -0.39 is 7.14 Å². The Labute approximate surface area is 145 Å². The third-order valence-corrected chi connectivity index (χ3v) is 5.92. The lowest BCUT2D eigenvalue weighted by Crippen LogP contribution is -2.09. The van der Waals surface area contributed by atoms with Crippen molar-refractivity contribution < 1.29 is 8.98 Å². The lowest BCUT2D eigenvalue weighted by molar-refractivity contribution is 0.588. The third-order valence-electron chi connectivity index (χ3n) is 4.28. The highest BCUT2D eigenvalue weighted by atomic mass is 31.2. The number of nitrogens with one attached hydrogen (secondary N) is 1. The van der Waals surface area contributed by atoms with Crippen molar-refractivity contribution >= 4 is 45.8 Å². The molecule has 4 aromatic rings. The molecule has 4 rings (SSSR count). The van der Waals surface area contributed by atoms with Crippen LogP contribution < -0.4 is 10.6 Å². The molecule has 2 aromatic carbocycles. The number of anilines is 2. The van der Waals surface area contributed by atoms with Gasteiger partial charge >= 0.3 is 0 Å². The lowest BCUT2D eigenvalue weighted by atomic mass is 10.1. The largest absolute Gasteiger partial charge is 0.464 e. The van der Waals surface area contributed by atoms with Gasteiger partial charge in [0.1, 0.15) is 24.9 Å². The average Bonchev–Trinajstić information content (AvgIpc) is 3.03. The fraction of sp³-hybridized carbons (Fsp3) is 0.158. The molecule has 0 saturated carbocycles. The Balaban J connectivity index is 1.90. The molecule has 25 heavy (non-hydrogen) atoms. The molecule has 2 heterocycles. The highest BCUT2D eigenvalue weighted by Gasteiger charge is 2.17. The summed E-state index contributed by atoms with van der Waals surface area (Å²) in [5.41, 5.74) is 3.53. The summed E-state index contributed by atoms with van der Waals surface area (Å²) in [6.07, 6.45) is 3.20. The summed E-state index contributed by atoms with van der Waals surface area (Å²) in [5.74, 6) is 0.688. The zero-order valence-corrected chi connectivity index (χ0v) is 15.2. The molecule has 0 aliphatic carbocycles. The first kappa shape index (κ1) is 15.9. The summed E-state index contributed by atoms with van der Waals surface area (Å²) in [5, 5.41) is 6.07. The summed E-state index contributed by atoms with van der Waals surface area (Å²) in [4.78, 5) is 8.76. The van der Waals surface area contributed by atoms with Gasteiger partial charge < -0.3 is 14.3 Å². The molecule has 5 nitrogen and oxygen atoms in total. The van der Waals surface area contributed by atoms with E-state index >= 15 is 0 Å². The zero-order chi connectivity index (χ0) is 17.6. The molecule has 0 unspecified atom stereocenters. The van der Waals surface area contributed by atoms with Gasteiger partial charge in [-0.2, -0.15) is 0 Å². The van der Waals surface area contributed by atoms with Crippen LogP contribution in [-0.4, -0.2) is 23.3 Å². The maximum atomic E-state index is 12.6. The first-order valence-electron chi connectivity index (χ1n) is 7.97. The Hall–Kier alpha value is -2.65. The number of aromatic nitrogens is 2. The summed E-state index contributed by atoms with van der Waals surface area (Å²) < 4.78 is 18.1. The number of hydrogen-bond acceptors (Lipinski definition) is 5. The second-order valence-electron chi connectivity index (χ2n) is 6.49. The van der Waals surface area contributed by atoms with Gasteiger partial charge in [-0.15, -0.1) is 0 Å². The number of hydrogen-bond donors (Lipinski definition) is 1. The van der Waals surface area contributed by atoms with Gasteiger partial charge in [0, 0.05) is 16.1 Å². The van der Waals surface area contributed by atoms with E-state index in [-0.39, 0.29) is 0 Å². The van der Waals surface area contributed by atoms with Crippen LogP contribution in [0.25, 0.3) is 21.9 Å². The maximum absolute atomic E-state index is 12.6. The number of fused-ring (bicyclic) bond motifs is 2. The monoisotopic (exact) mass is 351 g/mol. The van der Waals surface area contributed by atoms with Crippen molar-refractivity contribution in [2.45, 2.75) is 6.92 Å². The van der Waals surface area contributed by atoms with Crippen molar-refractivity contribution in [3.05, 3.63) is 54.6 Å². The van der Waals surface area contributed by atoms with Crippen LogP contribution >= 0.6 is 7.14 Å². The van der Waals surface area contributed by atoms with E-state index in [0.29, 0.717) is 5.82 Å². The minimum atomic E-state index is -2.39. The second kappa shape index (κ2) is 5.71. The van der Waals surface area contributed by atoms with Gasteiger partial charge in [0.25, 0.3) is 0 Å². The number of aryl methyl sites for hydroxylation is 1. The average molecular weight is 351 g/mol. The quantitative estimate of drug-likeness (QED) is 0.543. The zero-order valence-electron chi connectivity index (χ0n) is 14.3. The minimum Gasteiger partial charge on any atom is -0.464 e. The SMILES string of the molecule is Cc1cc2ncnc(Nc3cccc4occc34)c2cc1P(C)(C)=O. The number of benzene rings is 2. The van der Waals surface area contributed by atoms with E-state index in [1.807, 2.05) is 43.3 Å². The highest BCUT2D eigenvalue weighted by Crippen LogP contribution is 2.38. The smallest absolute Gasteiger partial charge is 0.141 e. The Kier molecular flexibility index (Phi) is 3.62. The van der Waals surface area contributed by atoms with Gasteiger partial charge in [0.05, 0.1) is 17.5 Å². The molecule has 6 heteroatoms. The maximum Gasteiger partial charge on any atom is 0.141 e.